The number of unbranched alkanes of at least 4 members (excludes halogenated alkanes) is 7. The quantitative estimate of drug-likeness (QED) is 0.341. The van der Waals surface area contributed by atoms with Crippen LogP contribution in [0.5, 0.6) is 5.75 Å². The monoisotopic (exact) mass is 388 g/mol. The second kappa shape index (κ2) is 13.4. The SMILES string of the molecule is CCCCCCCCCOc1ccc(-c2ccc(C#N)cc2)cc1CCCC#N. The zero-order valence-electron chi connectivity index (χ0n) is 17.6. The van der Waals surface area contributed by atoms with Gasteiger partial charge in [0.05, 0.1) is 24.3 Å². The summed E-state index contributed by atoms with van der Waals surface area (Å²) in [7, 11) is 0. The first kappa shape index (κ1) is 22.5. The van der Waals surface area contributed by atoms with Crippen LogP contribution in [0, 0.1) is 22.7 Å². The van der Waals surface area contributed by atoms with Gasteiger partial charge in [0.1, 0.15) is 5.75 Å². The summed E-state index contributed by atoms with van der Waals surface area (Å²) in [5.74, 6) is 0.936. The Morgan fingerprint density at radius 2 is 1.48 bits per heavy atom. The summed E-state index contributed by atoms with van der Waals surface area (Å²) in [4.78, 5) is 0. The number of hydrogen-bond acceptors (Lipinski definition) is 3. The van der Waals surface area contributed by atoms with Crippen LogP contribution in [0.1, 0.15) is 75.8 Å². The summed E-state index contributed by atoms with van der Waals surface area (Å²) in [6.45, 7) is 2.99. The van der Waals surface area contributed by atoms with E-state index in [1.165, 1.54) is 38.5 Å². The van der Waals surface area contributed by atoms with Crippen molar-refractivity contribution in [2.75, 3.05) is 6.61 Å². The number of aryl methyl sites for hydroxylation is 1. The number of nitrogens with zero attached hydrogens (tertiary/aromatic N) is 2. The second-order valence-corrected chi connectivity index (χ2v) is 7.49. The molecule has 0 bridgehead atoms. The first-order valence-electron chi connectivity index (χ1n) is 10.9. The summed E-state index contributed by atoms with van der Waals surface area (Å²) in [5.41, 5.74) is 4.02. The van der Waals surface area contributed by atoms with Crippen molar-refractivity contribution in [2.45, 2.75) is 71.1 Å². The summed E-state index contributed by atoms with van der Waals surface area (Å²) in [6, 6.07) is 18.3. The highest BCUT2D eigenvalue weighted by Crippen LogP contribution is 2.28. The molecule has 3 nitrogen and oxygen atoms in total. The van der Waals surface area contributed by atoms with Gasteiger partial charge >= 0.3 is 0 Å². The van der Waals surface area contributed by atoms with Crippen molar-refractivity contribution in [1.82, 2.24) is 0 Å². The smallest absolute Gasteiger partial charge is 0.122 e. The van der Waals surface area contributed by atoms with Crippen molar-refractivity contribution < 1.29 is 4.74 Å². The first-order valence-corrected chi connectivity index (χ1v) is 10.9. The molecule has 2 aromatic carbocycles. The molecular formula is C26H32N2O. The van der Waals surface area contributed by atoms with E-state index in [1.807, 2.05) is 24.3 Å². The lowest BCUT2D eigenvalue weighted by atomic mass is 9.99. The van der Waals surface area contributed by atoms with Crippen molar-refractivity contribution in [2.24, 2.45) is 0 Å². The zero-order valence-corrected chi connectivity index (χ0v) is 17.6. The van der Waals surface area contributed by atoms with Crippen LogP contribution in [0.3, 0.4) is 0 Å². The van der Waals surface area contributed by atoms with E-state index in [0.717, 1.165) is 48.3 Å². The third-order valence-electron chi connectivity index (χ3n) is 5.15. The number of rotatable bonds is 13. The van der Waals surface area contributed by atoms with Crippen molar-refractivity contribution in [1.29, 1.82) is 10.5 Å². The van der Waals surface area contributed by atoms with Crippen molar-refractivity contribution >= 4 is 0 Å². The predicted octanol–water partition coefficient (Wildman–Crippen LogP) is 7.20. The molecule has 0 heterocycles. The molecule has 29 heavy (non-hydrogen) atoms. The number of hydrogen-bond donors (Lipinski definition) is 0. The van der Waals surface area contributed by atoms with Gasteiger partial charge in [0.25, 0.3) is 0 Å². The van der Waals surface area contributed by atoms with Crippen LogP contribution in [0.2, 0.25) is 0 Å². The van der Waals surface area contributed by atoms with Crippen LogP contribution >= 0.6 is 0 Å². The minimum Gasteiger partial charge on any atom is -0.493 e. The molecule has 0 atom stereocenters. The Morgan fingerprint density at radius 3 is 2.17 bits per heavy atom. The standard InChI is InChI=1S/C26H32N2O/c1-2-3-4-5-6-7-10-19-29-26-17-16-24(20-25(26)11-8-9-18-27)23-14-12-22(21-28)13-15-23/h12-17,20H,2-11,19H2,1H3. The van der Waals surface area contributed by atoms with Gasteiger partial charge in [0, 0.05) is 6.42 Å². The molecule has 0 aromatic heterocycles. The molecule has 0 aliphatic carbocycles. The summed E-state index contributed by atoms with van der Waals surface area (Å²) < 4.78 is 6.10. The Hall–Kier alpha value is -2.78. The molecular weight excluding hydrogens is 356 g/mol. The van der Waals surface area contributed by atoms with E-state index >= 15 is 0 Å². The van der Waals surface area contributed by atoms with Crippen molar-refractivity contribution in [3.8, 4) is 29.0 Å². The Kier molecular flexibility index (Phi) is 10.4. The lowest BCUT2D eigenvalue weighted by Crippen LogP contribution is -2.01. The Labute approximate surface area is 175 Å². The van der Waals surface area contributed by atoms with E-state index in [0.29, 0.717) is 12.0 Å². The fourth-order valence-electron chi connectivity index (χ4n) is 3.43. The van der Waals surface area contributed by atoms with E-state index in [-0.39, 0.29) is 0 Å². The van der Waals surface area contributed by atoms with E-state index in [1.54, 1.807) is 0 Å². The lowest BCUT2D eigenvalue weighted by molar-refractivity contribution is 0.301. The molecule has 152 valence electrons. The highest BCUT2D eigenvalue weighted by atomic mass is 16.5. The van der Waals surface area contributed by atoms with E-state index in [4.69, 9.17) is 15.3 Å². The molecule has 0 saturated heterocycles. The van der Waals surface area contributed by atoms with Gasteiger partial charge in [0.15, 0.2) is 0 Å². The first-order chi connectivity index (χ1) is 14.3. The van der Waals surface area contributed by atoms with Crippen molar-refractivity contribution in [3.63, 3.8) is 0 Å². The van der Waals surface area contributed by atoms with Gasteiger partial charge in [-0.1, -0.05) is 63.6 Å². The van der Waals surface area contributed by atoms with Crippen molar-refractivity contribution in [3.05, 3.63) is 53.6 Å². The van der Waals surface area contributed by atoms with Crippen LogP contribution in [0.15, 0.2) is 42.5 Å². The normalized spacial score (nSPS) is 10.3. The molecule has 0 aliphatic rings. The molecule has 0 unspecified atom stereocenters. The van der Waals surface area contributed by atoms with Gasteiger partial charge in [-0.2, -0.15) is 10.5 Å². The van der Waals surface area contributed by atoms with Crippen LogP contribution in [-0.2, 0) is 6.42 Å². The van der Waals surface area contributed by atoms with Crippen LogP contribution in [0.25, 0.3) is 11.1 Å². The fraction of sp³-hybridized carbons (Fsp3) is 0.462. The van der Waals surface area contributed by atoms with E-state index in [9.17, 15) is 0 Å². The maximum Gasteiger partial charge on any atom is 0.122 e. The van der Waals surface area contributed by atoms with E-state index in [2.05, 4.69) is 37.3 Å². The third-order valence-corrected chi connectivity index (χ3v) is 5.15. The molecule has 3 heteroatoms. The predicted molar refractivity (Wildman–Crippen MR) is 119 cm³/mol. The molecule has 0 N–H and O–H groups in total. The minimum atomic E-state index is 0.554. The molecule has 0 aliphatic heterocycles. The average Bonchev–Trinajstić information content (AvgIpc) is 2.76. The number of benzene rings is 2. The van der Waals surface area contributed by atoms with Crippen LogP contribution < -0.4 is 4.74 Å². The molecule has 0 spiro atoms. The second-order valence-electron chi connectivity index (χ2n) is 7.49. The van der Waals surface area contributed by atoms with Crippen LogP contribution in [-0.4, -0.2) is 6.61 Å². The summed E-state index contributed by atoms with van der Waals surface area (Å²) in [5, 5.41) is 17.8. The average molecular weight is 389 g/mol. The van der Waals surface area contributed by atoms with Crippen LogP contribution in [0.4, 0.5) is 0 Å². The van der Waals surface area contributed by atoms with Gasteiger partial charge in [-0.25, -0.2) is 0 Å². The van der Waals surface area contributed by atoms with Gasteiger partial charge in [-0.3, -0.25) is 0 Å². The van der Waals surface area contributed by atoms with E-state index < -0.39 is 0 Å². The summed E-state index contributed by atoms with van der Waals surface area (Å²) >= 11 is 0. The minimum absolute atomic E-state index is 0.554. The molecule has 0 radical (unpaired) electrons. The zero-order chi connectivity index (χ0) is 20.7. The summed E-state index contributed by atoms with van der Waals surface area (Å²) in [6.07, 6.45) is 11.1. The lowest BCUT2D eigenvalue weighted by Gasteiger charge is -2.13. The van der Waals surface area contributed by atoms with Gasteiger partial charge in [-0.05, 0) is 60.2 Å². The maximum absolute atomic E-state index is 8.98. The highest BCUT2D eigenvalue weighted by Gasteiger charge is 2.08. The third kappa shape index (κ3) is 8.00. The molecule has 2 rings (SSSR count). The topological polar surface area (TPSA) is 56.8 Å². The molecule has 2 aromatic rings. The maximum atomic E-state index is 8.98. The number of ether oxygens (including phenoxy) is 1. The molecule has 0 amide bonds. The molecule has 0 saturated carbocycles. The fourth-order valence-corrected chi connectivity index (χ4v) is 3.43. The largest absolute Gasteiger partial charge is 0.493 e. The molecule has 0 fully saturated rings. The Balaban J connectivity index is 1.97. The highest BCUT2D eigenvalue weighted by molar-refractivity contribution is 5.66. The van der Waals surface area contributed by atoms with Gasteiger partial charge < -0.3 is 4.74 Å². The number of nitriles is 2. The Bertz CT molecular complexity index is 812. The Morgan fingerprint density at radius 1 is 0.793 bits per heavy atom. The van der Waals surface area contributed by atoms with Gasteiger partial charge in [-0.15, -0.1) is 0 Å². The van der Waals surface area contributed by atoms with Gasteiger partial charge in [0.2, 0.25) is 0 Å².